The van der Waals surface area contributed by atoms with Crippen LogP contribution in [0.4, 0.5) is 0 Å². The quantitative estimate of drug-likeness (QED) is 0.777. The second kappa shape index (κ2) is 3.59. The van der Waals surface area contributed by atoms with Gasteiger partial charge < -0.3 is 10.2 Å². The predicted octanol–water partition coefficient (Wildman–Crippen LogP) is 1.50. The maximum atomic E-state index is 5.59. The molecule has 0 fully saturated rings. The van der Waals surface area contributed by atoms with Crippen LogP contribution in [0.5, 0.6) is 0 Å². The fraction of sp³-hybridized carbons (Fsp3) is 0.200. The molecule has 72 valence electrons. The second-order valence-electron chi connectivity index (χ2n) is 2.98. The zero-order chi connectivity index (χ0) is 9.97. The van der Waals surface area contributed by atoms with Gasteiger partial charge in [0.05, 0.1) is 6.20 Å². The lowest BCUT2D eigenvalue weighted by molar-refractivity contribution is 0.534. The van der Waals surface area contributed by atoms with Gasteiger partial charge in [-0.2, -0.15) is 0 Å². The SMILES string of the molecule is Cc1ncc(-c2ccncc2CN)o1. The molecule has 4 nitrogen and oxygen atoms in total. The molecule has 0 saturated carbocycles. The van der Waals surface area contributed by atoms with E-state index in [1.807, 2.05) is 13.0 Å². The first kappa shape index (κ1) is 8.90. The van der Waals surface area contributed by atoms with Crippen LogP contribution < -0.4 is 5.73 Å². The minimum absolute atomic E-state index is 0.447. The van der Waals surface area contributed by atoms with Crippen LogP contribution in [0.1, 0.15) is 11.5 Å². The third kappa shape index (κ3) is 1.52. The molecule has 2 rings (SSSR count). The van der Waals surface area contributed by atoms with Crippen molar-refractivity contribution in [3.63, 3.8) is 0 Å². The summed E-state index contributed by atoms with van der Waals surface area (Å²) >= 11 is 0. The number of hydrogen-bond donors (Lipinski definition) is 1. The lowest BCUT2D eigenvalue weighted by Crippen LogP contribution is -1.99. The molecule has 0 bridgehead atoms. The highest BCUT2D eigenvalue weighted by molar-refractivity contribution is 5.60. The van der Waals surface area contributed by atoms with Crippen molar-refractivity contribution in [2.45, 2.75) is 13.5 Å². The Kier molecular flexibility index (Phi) is 2.28. The van der Waals surface area contributed by atoms with Gasteiger partial charge in [-0.1, -0.05) is 0 Å². The number of oxazole rings is 1. The lowest BCUT2D eigenvalue weighted by atomic mass is 10.1. The Bertz CT molecular complexity index is 436. The van der Waals surface area contributed by atoms with E-state index in [4.69, 9.17) is 10.2 Å². The number of aromatic nitrogens is 2. The summed E-state index contributed by atoms with van der Waals surface area (Å²) in [5, 5.41) is 0. The van der Waals surface area contributed by atoms with Crippen LogP contribution in [0.2, 0.25) is 0 Å². The summed E-state index contributed by atoms with van der Waals surface area (Å²) < 4.78 is 5.42. The largest absolute Gasteiger partial charge is 0.441 e. The van der Waals surface area contributed by atoms with E-state index < -0.39 is 0 Å². The average Bonchev–Trinajstić information content (AvgIpc) is 2.65. The van der Waals surface area contributed by atoms with E-state index >= 15 is 0 Å². The third-order valence-electron chi connectivity index (χ3n) is 2.01. The Morgan fingerprint density at radius 3 is 2.93 bits per heavy atom. The zero-order valence-electron chi connectivity index (χ0n) is 7.90. The molecular weight excluding hydrogens is 178 g/mol. The molecule has 0 atom stereocenters. The molecule has 14 heavy (non-hydrogen) atoms. The van der Waals surface area contributed by atoms with Gasteiger partial charge in [-0.15, -0.1) is 0 Å². The second-order valence-corrected chi connectivity index (χ2v) is 2.98. The van der Waals surface area contributed by atoms with E-state index in [0.29, 0.717) is 12.4 Å². The Morgan fingerprint density at radius 2 is 2.29 bits per heavy atom. The topological polar surface area (TPSA) is 64.9 Å². The van der Waals surface area contributed by atoms with Gasteiger partial charge >= 0.3 is 0 Å². The molecular formula is C10H11N3O. The fourth-order valence-corrected chi connectivity index (χ4v) is 1.32. The Morgan fingerprint density at radius 1 is 1.43 bits per heavy atom. The van der Waals surface area contributed by atoms with Crippen LogP contribution in [0.3, 0.4) is 0 Å². The van der Waals surface area contributed by atoms with Gasteiger partial charge in [0.1, 0.15) is 0 Å². The molecule has 0 aliphatic heterocycles. The molecule has 2 aromatic heterocycles. The molecule has 0 spiro atoms. The molecule has 0 aliphatic carbocycles. The smallest absolute Gasteiger partial charge is 0.191 e. The van der Waals surface area contributed by atoms with Gasteiger partial charge in [-0.05, 0) is 11.6 Å². The van der Waals surface area contributed by atoms with Gasteiger partial charge in [0.15, 0.2) is 11.7 Å². The summed E-state index contributed by atoms with van der Waals surface area (Å²) in [5.74, 6) is 1.39. The summed E-state index contributed by atoms with van der Waals surface area (Å²) in [6, 6.07) is 1.88. The molecule has 2 aromatic rings. The summed E-state index contributed by atoms with van der Waals surface area (Å²) in [7, 11) is 0. The van der Waals surface area contributed by atoms with Gasteiger partial charge in [0.25, 0.3) is 0 Å². The fourth-order valence-electron chi connectivity index (χ4n) is 1.32. The first-order chi connectivity index (χ1) is 6.81. The van der Waals surface area contributed by atoms with Gasteiger partial charge in [0.2, 0.25) is 0 Å². The highest BCUT2D eigenvalue weighted by atomic mass is 16.4. The van der Waals surface area contributed by atoms with Crippen molar-refractivity contribution in [3.05, 3.63) is 36.1 Å². The van der Waals surface area contributed by atoms with E-state index in [9.17, 15) is 0 Å². The average molecular weight is 189 g/mol. The molecule has 0 saturated heterocycles. The number of aryl methyl sites for hydroxylation is 1. The molecule has 0 aromatic carbocycles. The van der Waals surface area contributed by atoms with Crippen LogP contribution >= 0.6 is 0 Å². The van der Waals surface area contributed by atoms with Crippen molar-refractivity contribution in [2.24, 2.45) is 5.73 Å². The molecule has 0 aliphatic rings. The Labute approximate surface area is 81.8 Å². The van der Waals surface area contributed by atoms with Crippen LogP contribution in [0.15, 0.2) is 29.1 Å². The monoisotopic (exact) mass is 189 g/mol. The van der Waals surface area contributed by atoms with Gasteiger partial charge in [-0.3, -0.25) is 4.98 Å². The third-order valence-corrected chi connectivity index (χ3v) is 2.01. The van der Waals surface area contributed by atoms with Crippen LogP contribution in [-0.4, -0.2) is 9.97 Å². The first-order valence-corrected chi connectivity index (χ1v) is 4.37. The number of nitrogens with zero attached hydrogens (tertiary/aromatic N) is 2. The van der Waals surface area contributed by atoms with Crippen molar-refractivity contribution in [2.75, 3.05) is 0 Å². The van der Waals surface area contributed by atoms with E-state index in [1.165, 1.54) is 0 Å². The van der Waals surface area contributed by atoms with Crippen LogP contribution in [0, 0.1) is 6.92 Å². The minimum Gasteiger partial charge on any atom is -0.441 e. The first-order valence-electron chi connectivity index (χ1n) is 4.37. The molecule has 2 heterocycles. The maximum absolute atomic E-state index is 5.59. The number of hydrogen-bond acceptors (Lipinski definition) is 4. The summed E-state index contributed by atoms with van der Waals surface area (Å²) in [4.78, 5) is 8.05. The normalized spacial score (nSPS) is 10.4. The molecule has 0 amide bonds. The molecule has 2 N–H and O–H groups in total. The molecule has 4 heteroatoms. The van der Waals surface area contributed by atoms with Crippen LogP contribution in [-0.2, 0) is 6.54 Å². The van der Waals surface area contributed by atoms with Crippen molar-refractivity contribution >= 4 is 0 Å². The van der Waals surface area contributed by atoms with Crippen molar-refractivity contribution in [1.82, 2.24) is 9.97 Å². The van der Waals surface area contributed by atoms with Gasteiger partial charge in [0, 0.05) is 31.4 Å². The molecule has 0 radical (unpaired) electrons. The number of pyridine rings is 1. The standard InChI is InChI=1S/C10H11N3O/c1-7-13-6-10(14-7)9-2-3-12-5-8(9)4-11/h2-3,5-6H,4,11H2,1H3. The number of nitrogens with two attached hydrogens (primary N) is 1. The van der Waals surface area contributed by atoms with E-state index in [-0.39, 0.29) is 0 Å². The maximum Gasteiger partial charge on any atom is 0.191 e. The summed E-state index contributed by atoms with van der Waals surface area (Å²) in [6.07, 6.45) is 5.16. The highest BCUT2D eigenvalue weighted by Gasteiger charge is 2.07. The lowest BCUT2D eigenvalue weighted by Gasteiger charge is -2.02. The summed E-state index contributed by atoms with van der Waals surface area (Å²) in [5.41, 5.74) is 7.52. The van der Waals surface area contributed by atoms with Crippen molar-refractivity contribution in [1.29, 1.82) is 0 Å². The molecule has 0 unspecified atom stereocenters. The van der Waals surface area contributed by atoms with E-state index in [2.05, 4.69) is 9.97 Å². The Balaban J connectivity index is 2.50. The predicted molar refractivity (Wildman–Crippen MR) is 52.4 cm³/mol. The van der Waals surface area contributed by atoms with Crippen molar-refractivity contribution in [3.8, 4) is 11.3 Å². The number of rotatable bonds is 2. The zero-order valence-corrected chi connectivity index (χ0v) is 7.90. The van der Waals surface area contributed by atoms with E-state index in [1.54, 1.807) is 18.6 Å². The van der Waals surface area contributed by atoms with Crippen LogP contribution in [0.25, 0.3) is 11.3 Å². The highest BCUT2D eigenvalue weighted by Crippen LogP contribution is 2.22. The van der Waals surface area contributed by atoms with E-state index in [0.717, 1.165) is 16.9 Å². The summed E-state index contributed by atoms with van der Waals surface area (Å²) in [6.45, 7) is 2.26. The minimum atomic E-state index is 0.447. The van der Waals surface area contributed by atoms with Crippen molar-refractivity contribution < 1.29 is 4.42 Å². The van der Waals surface area contributed by atoms with Gasteiger partial charge in [-0.25, -0.2) is 4.98 Å². The Hall–Kier alpha value is -1.68.